The van der Waals surface area contributed by atoms with Gasteiger partial charge in [0.2, 0.25) is 0 Å². The van der Waals surface area contributed by atoms with E-state index in [1.165, 1.54) is 36.8 Å². The fourth-order valence-electron chi connectivity index (χ4n) is 1.74. The number of nitrogens with zero attached hydrogens (tertiary/aromatic N) is 3. The minimum atomic E-state index is -0.568. The highest BCUT2D eigenvalue weighted by atomic mass is 16.6. The predicted molar refractivity (Wildman–Crippen MR) is 85.4 cm³/mol. The third-order valence-corrected chi connectivity index (χ3v) is 2.86. The smallest absolute Gasteiger partial charge is 0.278 e. The van der Waals surface area contributed by atoms with E-state index in [-0.39, 0.29) is 17.8 Å². The van der Waals surface area contributed by atoms with Crippen LogP contribution in [0, 0.1) is 10.1 Å². The van der Waals surface area contributed by atoms with E-state index in [0.717, 1.165) is 0 Å². The van der Waals surface area contributed by atoms with Crippen molar-refractivity contribution in [3.8, 4) is 0 Å². The average molecular weight is 327 g/mol. The van der Waals surface area contributed by atoms with Gasteiger partial charge in [0, 0.05) is 18.5 Å². The molecule has 0 spiro atoms. The quantitative estimate of drug-likeness (QED) is 0.462. The van der Waals surface area contributed by atoms with E-state index >= 15 is 0 Å². The number of benzene rings is 1. The van der Waals surface area contributed by atoms with Crippen molar-refractivity contribution in [3.63, 3.8) is 0 Å². The molecule has 0 aliphatic heterocycles. The molecular formula is C15H13N5O4. The Balaban J connectivity index is 1.85. The minimum absolute atomic E-state index is 0.125. The van der Waals surface area contributed by atoms with Crippen molar-refractivity contribution in [2.45, 2.75) is 0 Å². The first-order chi connectivity index (χ1) is 11.6. The van der Waals surface area contributed by atoms with Gasteiger partial charge in [-0.2, -0.15) is 5.10 Å². The first kappa shape index (κ1) is 16.7. The van der Waals surface area contributed by atoms with Crippen LogP contribution in [0.4, 0.5) is 5.69 Å². The summed E-state index contributed by atoms with van der Waals surface area (Å²) < 4.78 is 0. The average Bonchev–Trinajstić information content (AvgIpc) is 2.60. The largest absolute Gasteiger partial charge is 0.343 e. The van der Waals surface area contributed by atoms with Crippen LogP contribution in [-0.4, -0.2) is 34.5 Å². The molecule has 2 rings (SSSR count). The first-order valence-corrected chi connectivity index (χ1v) is 6.81. The number of rotatable bonds is 6. The molecule has 9 nitrogen and oxygen atoms in total. The van der Waals surface area contributed by atoms with Gasteiger partial charge in [-0.3, -0.25) is 24.7 Å². The molecule has 1 heterocycles. The van der Waals surface area contributed by atoms with E-state index in [1.807, 2.05) is 0 Å². The number of nitrogens with one attached hydrogen (secondary N) is 2. The van der Waals surface area contributed by atoms with Crippen molar-refractivity contribution in [1.29, 1.82) is 0 Å². The second kappa shape index (κ2) is 8.13. The maximum atomic E-state index is 11.7. The Morgan fingerprint density at radius 1 is 1.25 bits per heavy atom. The van der Waals surface area contributed by atoms with Gasteiger partial charge < -0.3 is 5.32 Å². The second-order valence-electron chi connectivity index (χ2n) is 4.53. The number of nitro benzene ring substituents is 1. The van der Waals surface area contributed by atoms with Gasteiger partial charge >= 0.3 is 0 Å². The Bertz CT molecular complexity index is 776. The lowest BCUT2D eigenvalue weighted by Gasteiger charge is -2.03. The number of hydrazone groups is 1. The van der Waals surface area contributed by atoms with Crippen LogP contribution in [0.25, 0.3) is 0 Å². The normalized spacial score (nSPS) is 10.3. The maximum Gasteiger partial charge on any atom is 0.278 e. The molecule has 0 fully saturated rings. The molecule has 0 saturated heterocycles. The molecule has 0 radical (unpaired) electrons. The fraction of sp³-hybridized carbons (Fsp3) is 0.0667. The van der Waals surface area contributed by atoms with E-state index in [0.29, 0.717) is 5.56 Å². The lowest BCUT2D eigenvalue weighted by atomic mass is 10.2. The van der Waals surface area contributed by atoms with Gasteiger partial charge in [0.15, 0.2) is 0 Å². The lowest BCUT2D eigenvalue weighted by Crippen LogP contribution is -2.34. The topological polar surface area (TPSA) is 127 Å². The zero-order chi connectivity index (χ0) is 17.4. The van der Waals surface area contributed by atoms with Gasteiger partial charge in [-0.1, -0.05) is 12.1 Å². The number of para-hydroxylation sites is 1. The lowest BCUT2D eigenvalue weighted by molar-refractivity contribution is -0.385. The third kappa shape index (κ3) is 4.70. The molecule has 24 heavy (non-hydrogen) atoms. The fourth-order valence-corrected chi connectivity index (χ4v) is 1.74. The third-order valence-electron chi connectivity index (χ3n) is 2.86. The van der Waals surface area contributed by atoms with Crippen molar-refractivity contribution in [2.24, 2.45) is 5.10 Å². The van der Waals surface area contributed by atoms with E-state index in [2.05, 4.69) is 20.8 Å². The molecule has 0 aliphatic carbocycles. The summed E-state index contributed by atoms with van der Waals surface area (Å²) in [6.45, 7) is -0.290. The van der Waals surface area contributed by atoms with Gasteiger partial charge in [-0.05, 0) is 18.2 Å². The van der Waals surface area contributed by atoms with Crippen LogP contribution in [0.3, 0.4) is 0 Å². The van der Waals surface area contributed by atoms with Gasteiger partial charge in [-0.25, -0.2) is 5.43 Å². The van der Waals surface area contributed by atoms with Crippen molar-refractivity contribution in [2.75, 3.05) is 6.54 Å². The van der Waals surface area contributed by atoms with Gasteiger partial charge in [-0.15, -0.1) is 0 Å². The summed E-state index contributed by atoms with van der Waals surface area (Å²) in [5.41, 5.74) is 2.64. The van der Waals surface area contributed by atoms with Crippen molar-refractivity contribution >= 4 is 23.7 Å². The number of hydrogen-bond donors (Lipinski definition) is 2. The molecule has 122 valence electrons. The van der Waals surface area contributed by atoms with Gasteiger partial charge in [0.25, 0.3) is 17.5 Å². The van der Waals surface area contributed by atoms with Crippen LogP contribution in [0.15, 0.2) is 53.9 Å². The maximum absolute atomic E-state index is 11.7. The zero-order valence-corrected chi connectivity index (χ0v) is 12.4. The highest BCUT2D eigenvalue weighted by Crippen LogP contribution is 2.14. The summed E-state index contributed by atoms with van der Waals surface area (Å²) in [7, 11) is 0. The van der Waals surface area contributed by atoms with E-state index < -0.39 is 16.7 Å². The van der Waals surface area contributed by atoms with E-state index in [9.17, 15) is 19.7 Å². The molecule has 0 unspecified atom stereocenters. The Labute approximate surface area is 136 Å². The molecule has 0 bridgehead atoms. The first-order valence-electron chi connectivity index (χ1n) is 6.81. The standard InChI is InChI=1S/C15H13N5O4/c21-14(10-17-15(22)12-5-3-7-16-8-12)19-18-9-11-4-1-2-6-13(11)20(23)24/h1-9H,10H2,(H,17,22)(H,19,21)/b18-9+. The van der Waals surface area contributed by atoms with E-state index in [1.54, 1.807) is 18.2 Å². The number of carbonyl (C=O) groups excluding carboxylic acids is 2. The molecular weight excluding hydrogens is 314 g/mol. The predicted octanol–water partition coefficient (Wildman–Crippen LogP) is 0.870. The molecule has 0 atom stereocenters. The highest BCUT2D eigenvalue weighted by Gasteiger charge is 2.10. The van der Waals surface area contributed by atoms with E-state index in [4.69, 9.17) is 0 Å². The minimum Gasteiger partial charge on any atom is -0.343 e. The van der Waals surface area contributed by atoms with Crippen LogP contribution in [0.5, 0.6) is 0 Å². The van der Waals surface area contributed by atoms with Crippen molar-refractivity contribution in [1.82, 2.24) is 15.7 Å². The van der Waals surface area contributed by atoms with Crippen molar-refractivity contribution in [3.05, 3.63) is 70.0 Å². The number of hydrogen-bond acceptors (Lipinski definition) is 6. The number of aromatic nitrogens is 1. The molecule has 9 heteroatoms. The van der Waals surface area contributed by atoms with Gasteiger partial charge in [0.05, 0.1) is 28.8 Å². The molecule has 0 aliphatic rings. The number of amides is 2. The molecule has 2 aromatic rings. The van der Waals surface area contributed by atoms with Crippen LogP contribution in [0.1, 0.15) is 15.9 Å². The Morgan fingerprint density at radius 2 is 2.04 bits per heavy atom. The summed E-state index contributed by atoms with van der Waals surface area (Å²) in [6.07, 6.45) is 4.07. The van der Waals surface area contributed by atoms with Crippen LogP contribution in [-0.2, 0) is 4.79 Å². The SMILES string of the molecule is O=C(CNC(=O)c1cccnc1)N/N=C/c1ccccc1[N+](=O)[O-]. The van der Waals surface area contributed by atoms with Gasteiger partial charge in [0.1, 0.15) is 0 Å². The number of carbonyl (C=O) groups is 2. The molecule has 1 aromatic heterocycles. The summed E-state index contributed by atoms with van der Waals surface area (Å²) in [4.78, 5) is 37.4. The zero-order valence-electron chi connectivity index (χ0n) is 12.4. The molecule has 1 aromatic carbocycles. The summed E-state index contributed by atoms with van der Waals surface area (Å²) in [5.74, 6) is -1.01. The Kier molecular flexibility index (Phi) is 5.67. The summed E-state index contributed by atoms with van der Waals surface area (Å²) >= 11 is 0. The number of nitro groups is 1. The monoisotopic (exact) mass is 327 g/mol. The second-order valence-corrected chi connectivity index (χ2v) is 4.53. The number of pyridine rings is 1. The Hall–Kier alpha value is -3.62. The molecule has 0 saturated carbocycles. The van der Waals surface area contributed by atoms with Crippen molar-refractivity contribution < 1.29 is 14.5 Å². The molecule has 2 amide bonds. The van der Waals surface area contributed by atoms with Crippen LogP contribution < -0.4 is 10.7 Å². The Morgan fingerprint density at radius 3 is 2.75 bits per heavy atom. The molecule has 2 N–H and O–H groups in total. The summed E-state index contributed by atoms with van der Waals surface area (Å²) in [5, 5.41) is 16.9. The summed E-state index contributed by atoms with van der Waals surface area (Å²) in [6, 6.07) is 9.14. The van der Waals surface area contributed by atoms with Crippen LogP contribution >= 0.6 is 0 Å². The highest BCUT2D eigenvalue weighted by molar-refractivity contribution is 5.96. The van der Waals surface area contributed by atoms with Crippen LogP contribution in [0.2, 0.25) is 0 Å².